The fourth-order valence-electron chi connectivity index (χ4n) is 1.74. The number of rotatable bonds is 3. The van der Waals surface area contributed by atoms with Gasteiger partial charge in [-0.25, -0.2) is 14.4 Å². The van der Waals surface area contributed by atoms with Crippen LogP contribution < -0.4 is 0 Å². The fraction of sp³-hybridized carbons (Fsp3) is 0. The molecular formula is C21H18HoO6. The van der Waals surface area contributed by atoms with Crippen LogP contribution in [0.5, 0.6) is 0 Å². The summed E-state index contributed by atoms with van der Waals surface area (Å²) in [6.07, 6.45) is 0. The quantitative estimate of drug-likeness (QED) is 0.438. The van der Waals surface area contributed by atoms with Crippen LogP contribution in [0.2, 0.25) is 0 Å². The van der Waals surface area contributed by atoms with Gasteiger partial charge in [-0.1, -0.05) is 54.6 Å². The molecule has 0 aromatic heterocycles. The number of hydrogen-bond acceptors (Lipinski definition) is 3. The van der Waals surface area contributed by atoms with E-state index >= 15 is 0 Å². The van der Waals surface area contributed by atoms with Crippen molar-refractivity contribution < 1.29 is 67.4 Å². The van der Waals surface area contributed by atoms with Crippen molar-refractivity contribution in [2.45, 2.75) is 0 Å². The van der Waals surface area contributed by atoms with Crippen LogP contribution >= 0.6 is 0 Å². The number of benzene rings is 3. The van der Waals surface area contributed by atoms with Gasteiger partial charge in [0, 0.05) is 37.7 Å². The molecular weight excluding hydrogens is 513 g/mol. The maximum absolute atomic E-state index is 10.2. The molecule has 3 aromatic rings. The van der Waals surface area contributed by atoms with Gasteiger partial charge in [0.1, 0.15) is 0 Å². The molecule has 0 saturated carbocycles. The Hall–Kier alpha value is -2.67. The molecule has 3 rings (SSSR count). The van der Waals surface area contributed by atoms with Crippen LogP contribution in [-0.4, -0.2) is 33.2 Å². The second-order valence-electron chi connectivity index (χ2n) is 5.01. The SMILES string of the molecule is O=C(O)c1ccccc1.O=C(O)c1ccccc1.O=C(O)c1ccccc1.[Ho]. The minimum atomic E-state index is -0.879. The number of hydrogen-bond donors (Lipinski definition) is 3. The van der Waals surface area contributed by atoms with Crippen LogP contribution in [0.15, 0.2) is 91.0 Å². The summed E-state index contributed by atoms with van der Waals surface area (Å²) in [5.74, 6) is -2.64. The van der Waals surface area contributed by atoms with Crippen molar-refractivity contribution in [1.29, 1.82) is 0 Å². The molecule has 0 aliphatic carbocycles. The van der Waals surface area contributed by atoms with Crippen LogP contribution in [0.4, 0.5) is 0 Å². The van der Waals surface area contributed by atoms with Crippen LogP contribution in [0.3, 0.4) is 0 Å². The van der Waals surface area contributed by atoms with Crippen molar-refractivity contribution in [2.24, 2.45) is 0 Å². The van der Waals surface area contributed by atoms with Crippen molar-refractivity contribution in [3.63, 3.8) is 0 Å². The van der Waals surface area contributed by atoms with E-state index in [1.165, 1.54) is 0 Å². The number of carboxylic acids is 3. The van der Waals surface area contributed by atoms with Crippen molar-refractivity contribution in [2.75, 3.05) is 0 Å². The number of aromatic carboxylic acids is 3. The molecule has 0 bridgehead atoms. The van der Waals surface area contributed by atoms with E-state index in [9.17, 15) is 14.4 Å². The first kappa shape index (κ1) is 25.3. The molecule has 0 atom stereocenters. The second kappa shape index (κ2) is 14.4. The Balaban J connectivity index is 0.000000384. The molecule has 6 nitrogen and oxygen atoms in total. The molecule has 0 aliphatic heterocycles. The molecule has 28 heavy (non-hydrogen) atoms. The van der Waals surface area contributed by atoms with Crippen molar-refractivity contribution in [1.82, 2.24) is 0 Å². The first-order chi connectivity index (χ1) is 12.9. The summed E-state index contributed by atoms with van der Waals surface area (Å²) >= 11 is 0. The summed E-state index contributed by atoms with van der Waals surface area (Å²) in [5.41, 5.74) is 0.993. The molecule has 0 fully saturated rings. The van der Waals surface area contributed by atoms with Crippen molar-refractivity contribution in [3.8, 4) is 0 Å². The third kappa shape index (κ3) is 10.5. The van der Waals surface area contributed by atoms with E-state index in [2.05, 4.69) is 0 Å². The van der Waals surface area contributed by atoms with E-state index in [1.807, 2.05) is 0 Å². The van der Waals surface area contributed by atoms with Gasteiger partial charge < -0.3 is 15.3 Å². The van der Waals surface area contributed by atoms with Crippen molar-refractivity contribution in [3.05, 3.63) is 108 Å². The minimum Gasteiger partial charge on any atom is -0.478 e. The van der Waals surface area contributed by atoms with E-state index < -0.39 is 17.9 Å². The van der Waals surface area contributed by atoms with Gasteiger partial charge in [0.05, 0.1) is 16.7 Å². The third-order valence-corrected chi connectivity index (χ3v) is 3.06. The topological polar surface area (TPSA) is 112 Å². The fourth-order valence-corrected chi connectivity index (χ4v) is 1.74. The number of carboxylic acid groups (broad SMARTS) is 3. The molecule has 0 aliphatic rings. The Kier molecular flexibility index (Phi) is 13.0. The molecule has 1 radical (unpaired) electrons. The van der Waals surface area contributed by atoms with Gasteiger partial charge in [0.15, 0.2) is 0 Å². The van der Waals surface area contributed by atoms with E-state index in [4.69, 9.17) is 15.3 Å². The van der Waals surface area contributed by atoms with Crippen LogP contribution in [0.1, 0.15) is 31.1 Å². The van der Waals surface area contributed by atoms with Crippen LogP contribution in [0.25, 0.3) is 0 Å². The Labute approximate surface area is 192 Å². The average Bonchev–Trinajstić information content (AvgIpc) is 2.71. The summed E-state index contributed by atoms with van der Waals surface area (Å²) in [6.45, 7) is 0. The van der Waals surface area contributed by atoms with Gasteiger partial charge in [0.2, 0.25) is 0 Å². The largest absolute Gasteiger partial charge is 0.478 e. The molecule has 3 aromatic carbocycles. The van der Waals surface area contributed by atoms with E-state index in [-0.39, 0.29) is 37.7 Å². The first-order valence-electron chi connectivity index (χ1n) is 7.77. The molecule has 0 amide bonds. The molecule has 0 spiro atoms. The molecule has 7 heteroatoms. The monoisotopic (exact) mass is 531 g/mol. The first-order valence-corrected chi connectivity index (χ1v) is 7.77. The summed E-state index contributed by atoms with van der Waals surface area (Å²) in [6, 6.07) is 24.9. The Morgan fingerprint density at radius 3 is 0.714 bits per heavy atom. The third-order valence-electron chi connectivity index (χ3n) is 3.06. The molecule has 149 valence electrons. The van der Waals surface area contributed by atoms with Gasteiger partial charge in [-0.2, -0.15) is 0 Å². The van der Waals surface area contributed by atoms with E-state index in [1.54, 1.807) is 91.0 Å². The minimum absolute atomic E-state index is 0. The number of carbonyl (C=O) groups is 3. The summed E-state index contributed by atoms with van der Waals surface area (Å²) in [7, 11) is 0. The van der Waals surface area contributed by atoms with E-state index in [0.717, 1.165) is 0 Å². The maximum Gasteiger partial charge on any atom is 0.335 e. The molecule has 0 saturated heterocycles. The predicted octanol–water partition coefficient (Wildman–Crippen LogP) is 4.15. The van der Waals surface area contributed by atoms with Gasteiger partial charge >= 0.3 is 17.9 Å². The second-order valence-corrected chi connectivity index (χ2v) is 5.01. The smallest absolute Gasteiger partial charge is 0.335 e. The Bertz CT molecular complexity index is 734. The predicted molar refractivity (Wildman–Crippen MR) is 100 cm³/mol. The van der Waals surface area contributed by atoms with Crippen LogP contribution in [-0.2, 0) is 0 Å². The summed E-state index contributed by atoms with van der Waals surface area (Å²) in [5, 5.41) is 25.2. The molecule has 0 heterocycles. The van der Waals surface area contributed by atoms with Gasteiger partial charge in [-0.3, -0.25) is 0 Å². The van der Waals surface area contributed by atoms with Gasteiger partial charge in [0.25, 0.3) is 0 Å². The zero-order valence-corrected chi connectivity index (χ0v) is 16.5. The average molecular weight is 531 g/mol. The standard InChI is InChI=1S/3C7H6O2.Ho/c3*8-7(9)6-4-2-1-3-5-6;/h3*1-5H,(H,8,9);. The molecule has 3 N–H and O–H groups in total. The summed E-state index contributed by atoms with van der Waals surface area (Å²) < 4.78 is 0. The van der Waals surface area contributed by atoms with Gasteiger partial charge in [-0.05, 0) is 36.4 Å². The van der Waals surface area contributed by atoms with Gasteiger partial charge in [-0.15, -0.1) is 0 Å². The summed E-state index contributed by atoms with van der Waals surface area (Å²) in [4.78, 5) is 30.6. The maximum atomic E-state index is 10.2. The zero-order valence-electron chi connectivity index (χ0n) is 14.5. The van der Waals surface area contributed by atoms with E-state index in [0.29, 0.717) is 16.7 Å². The molecule has 0 unspecified atom stereocenters. The zero-order chi connectivity index (χ0) is 20.1. The Morgan fingerprint density at radius 1 is 0.429 bits per heavy atom. The van der Waals surface area contributed by atoms with Crippen LogP contribution in [0, 0.1) is 37.7 Å². The van der Waals surface area contributed by atoms with Crippen molar-refractivity contribution >= 4 is 17.9 Å². The Morgan fingerprint density at radius 2 is 0.607 bits per heavy atom. The normalized spacial score (nSPS) is 8.57.